The number of fused-ring (bicyclic) bond motifs is 1. The first-order valence-corrected chi connectivity index (χ1v) is 9.77. The number of piperidine rings is 1. The summed E-state index contributed by atoms with van der Waals surface area (Å²) in [5.74, 6) is 2.02. The Morgan fingerprint density at radius 2 is 2.15 bits per heavy atom. The van der Waals surface area contributed by atoms with Crippen molar-refractivity contribution in [2.45, 2.75) is 33.2 Å². The summed E-state index contributed by atoms with van der Waals surface area (Å²) in [6.07, 6.45) is 3.22. The Bertz CT molecular complexity index is 911. The number of nitrogens with zero attached hydrogens (tertiary/aromatic N) is 3. The van der Waals surface area contributed by atoms with Crippen LogP contribution < -0.4 is 10.2 Å². The molecule has 4 heterocycles. The van der Waals surface area contributed by atoms with E-state index in [-0.39, 0.29) is 11.8 Å². The number of aryl methyl sites for hydroxylation is 2. The number of aromatic nitrogens is 2. The van der Waals surface area contributed by atoms with Gasteiger partial charge in [-0.25, -0.2) is 9.97 Å². The molecule has 3 aromatic rings. The molecule has 0 atom stereocenters. The number of hydrogen-bond donors (Lipinski definition) is 1. The summed E-state index contributed by atoms with van der Waals surface area (Å²) in [7, 11) is 0. The highest BCUT2D eigenvalue weighted by molar-refractivity contribution is 7.09. The van der Waals surface area contributed by atoms with Gasteiger partial charge in [0.15, 0.2) is 0 Å². The lowest BCUT2D eigenvalue weighted by Gasteiger charge is -2.32. The normalized spacial score (nSPS) is 15.5. The molecule has 7 heteroatoms. The molecule has 136 valence electrons. The number of thiophene rings is 1. The molecule has 0 spiro atoms. The van der Waals surface area contributed by atoms with Crippen LogP contribution in [0.15, 0.2) is 28.3 Å². The van der Waals surface area contributed by atoms with Crippen LogP contribution in [0.4, 0.5) is 5.82 Å². The molecule has 3 aromatic heterocycles. The molecule has 6 nitrogen and oxygen atoms in total. The highest BCUT2D eigenvalue weighted by Gasteiger charge is 2.27. The van der Waals surface area contributed by atoms with Gasteiger partial charge in [-0.3, -0.25) is 4.79 Å². The van der Waals surface area contributed by atoms with Crippen LogP contribution >= 0.6 is 11.3 Å². The molecule has 0 saturated carbocycles. The van der Waals surface area contributed by atoms with Gasteiger partial charge in [0.2, 0.25) is 11.6 Å². The van der Waals surface area contributed by atoms with Crippen molar-refractivity contribution in [3.05, 3.63) is 40.0 Å². The fraction of sp³-hybridized carbons (Fsp3) is 0.421. The SMILES string of the molecule is Cc1oc2ncnc(N3CCC(C(=O)NCc4cccs4)CC3)c2c1C. The largest absolute Gasteiger partial charge is 0.443 e. The third-order valence-corrected chi connectivity index (χ3v) is 6.00. The molecule has 1 aliphatic heterocycles. The molecule has 1 aliphatic rings. The van der Waals surface area contributed by atoms with Crippen molar-refractivity contribution in [2.24, 2.45) is 5.92 Å². The van der Waals surface area contributed by atoms with Gasteiger partial charge >= 0.3 is 0 Å². The number of carbonyl (C=O) groups is 1. The van der Waals surface area contributed by atoms with E-state index in [1.54, 1.807) is 17.7 Å². The predicted octanol–water partition coefficient (Wildman–Crippen LogP) is 3.43. The fourth-order valence-electron chi connectivity index (χ4n) is 3.49. The molecular formula is C19H22N4O2S. The summed E-state index contributed by atoms with van der Waals surface area (Å²) < 4.78 is 5.72. The molecule has 1 saturated heterocycles. The van der Waals surface area contributed by atoms with E-state index in [1.165, 1.54) is 4.88 Å². The minimum Gasteiger partial charge on any atom is -0.443 e. The van der Waals surface area contributed by atoms with Crippen molar-refractivity contribution in [2.75, 3.05) is 18.0 Å². The first kappa shape index (κ1) is 17.0. The molecule has 0 aromatic carbocycles. The minimum atomic E-state index is 0.0655. The molecular weight excluding hydrogens is 348 g/mol. The Hall–Kier alpha value is -2.41. The smallest absolute Gasteiger partial charge is 0.231 e. The van der Waals surface area contributed by atoms with E-state index < -0.39 is 0 Å². The second-order valence-electron chi connectivity index (χ2n) is 6.72. The van der Waals surface area contributed by atoms with Crippen molar-refractivity contribution in [3.8, 4) is 0 Å². The van der Waals surface area contributed by atoms with Gasteiger partial charge < -0.3 is 14.6 Å². The average molecular weight is 370 g/mol. The maximum Gasteiger partial charge on any atom is 0.231 e. The fourth-order valence-corrected chi connectivity index (χ4v) is 4.13. The van der Waals surface area contributed by atoms with Crippen LogP contribution in [-0.4, -0.2) is 29.0 Å². The molecule has 0 bridgehead atoms. The van der Waals surface area contributed by atoms with Crippen molar-refractivity contribution in [1.82, 2.24) is 15.3 Å². The third-order valence-electron chi connectivity index (χ3n) is 5.13. The van der Waals surface area contributed by atoms with E-state index in [2.05, 4.69) is 20.2 Å². The van der Waals surface area contributed by atoms with E-state index in [4.69, 9.17) is 4.42 Å². The van der Waals surface area contributed by atoms with Crippen molar-refractivity contribution >= 4 is 34.2 Å². The maximum atomic E-state index is 12.4. The molecule has 1 fully saturated rings. The highest BCUT2D eigenvalue weighted by atomic mass is 32.1. The Labute approximate surface area is 156 Å². The van der Waals surface area contributed by atoms with Crippen LogP contribution in [0.3, 0.4) is 0 Å². The number of hydrogen-bond acceptors (Lipinski definition) is 6. The van der Waals surface area contributed by atoms with Crippen molar-refractivity contribution < 1.29 is 9.21 Å². The van der Waals surface area contributed by atoms with E-state index in [9.17, 15) is 4.79 Å². The average Bonchev–Trinajstić information content (AvgIpc) is 3.28. The van der Waals surface area contributed by atoms with Crippen LogP contribution in [0.5, 0.6) is 0 Å². The summed E-state index contributed by atoms with van der Waals surface area (Å²) in [5.41, 5.74) is 1.73. The monoisotopic (exact) mass is 370 g/mol. The number of nitrogens with one attached hydrogen (secondary N) is 1. The Kier molecular flexibility index (Phi) is 4.63. The number of carbonyl (C=O) groups excluding carboxylic acids is 1. The summed E-state index contributed by atoms with van der Waals surface area (Å²) in [5, 5.41) is 6.08. The molecule has 0 radical (unpaired) electrons. The number of furan rings is 1. The molecule has 1 amide bonds. The van der Waals surface area contributed by atoms with Crippen LogP contribution in [0.1, 0.15) is 29.0 Å². The zero-order chi connectivity index (χ0) is 18.1. The lowest BCUT2D eigenvalue weighted by atomic mass is 9.95. The molecule has 0 unspecified atom stereocenters. The topological polar surface area (TPSA) is 71.3 Å². The molecule has 26 heavy (non-hydrogen) atoms. The Morgan fingerprint density at radius 1 is 1.35 bits per heavy atom. The van der Waals surface area contributed by atoms with Crippen LogP contribution in [-0.2, 0) is 11.3 Å². The first-order valence-electron chi connectivity index (χ1n) is 8.89. The van der Waals surface area contributed by atoms with Gasteiger partial charge in [-0.1, -0.05) is 6.07 Å². The third kappa shape index (κ3) is 3.19. The second kappa shape index (κ2) is 7.07. The van der Waals surface area contributed by atoms with Gasteiger partial charge in [-0.2, -0.15) is 0 Å². The van der Waals surface area contributed by atoms with E-state index in [0.717, 1.165) is 48.5 Å². The van der Waals surface area contributed by atoms with Gasteiger partial charge in [0, 0.05) is 29.4 Å². The van der Waals surface area contributed by atoms with Crippen LogP contribution in [0, 0.1) is 19.8 Å². The Morgan fingerprint density at radius 3 is 2.88 bits per heavy atom. The summed E-state index contributed by atoms with van der Waals surface area (Å²) in [6, 6.07) is 4.05. The van der Waals surface area contributed by atoms with Gasteiger partial charge in [0.1, 0.15) is 17.9 Å². The molecule has 1 N–H and O–H groups in total. The van der Waals surface area contributed by atoms with E-state index in [1.807, 2.05) is 31.4 Å². The maximum absolute atomic E-state index is 12.4. The summed E-state index contributed by atoms with van der Waals surface area (Å²) in [4.78, 5) is 24.6. The number of rotatable bonds is 4. The lowest BCUT2D eigenvalue weighted by molar-refractivity contribution is -0.125. The van der Waals surface area contributed by atoms with Crippen molar-refractivity contribution in [1.29, 1.82) is 0 Å². The highest BCUT2D eigenvalue weighted by Crippen LogP contribution is 2.32. The van der Waals surface area contributed by atoms with Gasteiger partial charge in [-0.05, 0) is 38.1 Å². The standard InChI is InChI=1S/C19H22N4O2S/c1-12-13(2)25-19-16(12)17(21-11-22-19)23-7-5-14(6-8-23)18(24)20-10-15-4-3-9-26-15/h3-4,9,11,14H,5-8,10H2,1-2H3,(H,20,24). The quantitative estimate of drug-likeness (QED) is 0.762. The van der Waals surface area contributed by atoms with Crippen molar-refractivity contribution in [3.63, 3.8) is 0 Å². The minimum absolute atomic E-state index is 0.0655. The van der Waals surface area contributed by atoms with Crippen LogP contribution in [0.2, 0.25) is 0 Å². The van der Waals surface area contributed by atoms with Crippen LogP contribution in [0.25, 0.3) is 11.1 Å². The van der Waals surface area contributed by atoms with E-state index in [0.29, 0.717) is 12.3 Å². The van der Waals surface area contributed by atoms with Gasteiger partial charge in [0.05, 0.1) is 11.9 Å². The zero-order valence-electron chi connectivity index (χ0n) is 15.0. The number of anilines is 1. The predicted molar refractivity (Wildman–Crippen MR) is 102 cm³/mol. The van der Waals surface area contributed by atoms with E-state index >= 15 is 0 Å². The zero-order valence-corrected chi connectivity index (χ0v) is 15.8. The summed E-state index contributed by atoms with van der Waals surface area (Å²) in [6.45, 7) is 6.24. The Balaban J connectivity index is 1.41. The molecule has 0 aliphatic carbocycles. The number of amides is 1. The van der Waals surface area contributed by atoms with Gasteiger partial charge in [-0.15, -0.1) is 11.3 Å². The second-order valence-corrected chi connectivity index (χ2v) is 7.75. The summed E-state index contributed by atoms with van der Waals surface area (Å²) >= 11 is 1.67. The molecule has 4 rings (SSSR count). The lowest BCUT2D eigenvalue weighted by Crippen LogP contribution is -2.40. The first-order chi connectivity index (χ1) is 12.6. The van der Waals surface area contributed by atoms with Gasteiger partial charge in [0.25, 0.3) is 0 Å².